The molecule has 4 heteroatoms. The fraction of sp³-hybridized carbons (Fsp3) is 0.857. The minimum Gasteiger partial charge on any atom is -0.355 e. The van der Waals surface area contributed by atoms with Crippen molar-refractivity contribution in [1.29, 1.82) is 0 Å². The molecule has 0 radical (unpaired) electrons. The van der Waals surface area contributed by atoms with Gasteiger partial charge in [0.1, 0.15) is 0 Å². The lowest BCUT2D eigenvalue weighted by Gasteiger charge is -2.32. The lowest BCUT2D eigenvalue weighted by atomic mass is 10.0. The zero-order valence-electron chi connectivity index (χ0n) is 12.2. The van der Waals surface area contributed by atoms with Gasteiger partial charge in [-0.2, -0.15) is 0 Å². The van der Waals surface area contributed by atoms with Crippen LogP contribution >= 0.6 is 0 Å². The van der Waals surface area contributed by atoms with Crippen LogP contribution in [0.2, 0.25) is 0 Å². The number of nitrogens with zero attached hydrogens (tertiary/aromatic N) is 1. The van der Waals surface area contributed by atoms with Gasteiger partial charge in [-0.3, -0.25) is 4.90 Å². The highest BCUT2D eigenvalue weighted by Crippen LogP contribution is 2.10. The molecule has 1 aliphatic heterocycles. The van der Waals surface area contributed by atoms with Crippen molar-refractivity contribution in [2.45, 2.75) is 39.0 Å². The lowest BCUT2D eigenvalue weighted by molar-refractivity contribution is -0.100. The molecule has 18 heavy (non-hydrogen) atoms. The summed E-state index contributed by atoms with van der Waals surface area (Å²) < 4.78 is 10.3. The van der Waals surface area contributed by atoms with Gasteiger partial charge in [0.2, 0.25) is 0 Å². The number of likely N-dealkylation sites (tertiary alicyclic amines) is 1. The molecule has 0 aliphatic carbocycles. The molecular formula is C14H28N2O2. The van der Waals surface area contributed by atoms with E-state index < -0.39 is 0 Å². The molecule has 1 saturated heterocycles. The number of hydrogen-bond acceptors (Lipinski definition) is 4. The molecule has 106 valence electrons. The fourth-order valence-corrected chi connectivity index (χ4v) is 2.16. The SMILES string of the molecule is COC(CNC1CCN(CC=C(C)C)CC1)OC. The molecule has 0 aromatic carbocycles. The van der Waals surface area contributed by atoms with Crippen LogP contribution < -0.4 is 5.32 Å². The van der Waals surface area contributed by atoms with Gasteiger partial charge < -0.3 is 14.8 Å². The minimum absolute atomic E-state index is 0.131. The van der Waals surface area contributed by atoms with Crippen molar-refractivity contribution < 1.29 is 9.47 Å². The molecule has 1 N–H and O–H groups in total. The standard InChI is InChI=1S/C14H28N2O2/c1-12(2)5-8-16-9-6-13(7-10-16)15-11-14(17-3)18-4/h5,13-15H,6-11H2,1-4H3. The molecule has 0 bridgehead atoms. The maximum atomic E-state index is 5.17. The Morgan fingerprint density at radius 1 is 1.28 bits per heavy atom. The van der Waals surface area contributed by atoms with Crippen molar-refractivity contribution in [2.75, 3.05) is 40.4 Å². The van der Waals surface area contributed by atoms with Crippen molar-refractivity contribution in [3.63, 3.8) is 0 Å². The molecule has 0 saturated carbocycles. The van der Waals surface area contributed by atoms with E-state index in [4.69, 9.17) is 9.47 Å². The number of allylic oxidation sites excluding steroid dienone is 1. The van der Waals surface area contributed by atoms with E-state index in [0.717, 1.165) is 13.1 Å². The Bertz CT molecular complexity index is 240. The van der Waals surface area contributed by atoms with Crippen molar-refractivity contribution in [3.8, 4) is 0 Å². The molecule has 1 heterocycles. The summed E-state index contributed by atoms with van der Waals surface area (Å²) in [6, 6.07) is 0.598. The Hall–Kier alpha value is -0.420. The van der Waals surface area contributed by atoms with Crippen molar-refractivity contribution in [1.82, 2.24) is 10.2 Å². The first kappa shape index (κ1) is 15.6. The van der Waals surface area contributed by atoms with E-state index in [1.54, 1.807) is 14.2 Å². The second-order valence-corrected chi connectivity index (χ2v) is 5.17. The average Bonchev–Trinajstić information content (AvgIpc) is 2.39. The summed E-state index contributed by atoms with van der Waals surface area (Å²) in [7, 11) is 3.36. The number of methoxy groups -OCH3 is 2. The number of rotatable bonds is 7. The van der Waals surface area contributed by atoms with Gasteiger partial charge in [0.15, 0.2) is 6.29 Å². The van der Waals surface area contributed by atoms with E-state index in [9.17, 15) is 0 Å². The first-order chi connectivity index (χ1) is 8.65. The third-order valence-corrected chi connectivity index (χ3v) is 3.44. The van der Waals surface area contributed by atoms with Crippen LogP contribution in [0, 0.1) is 0 Å². The molecule has 1 aliphatic rings. The Morgan fingerprint density at radius 3 is 2.39 bits per heavy atom. The highest BCUT2D eigenvalue weighted by atomic mass is 16.7. The zero-order chi connectivity index (χ0) is 13.4. The molecule has 0 spiro atoms. The monoisotopic (exact) mass is 256 g/mol. The summed E-state index contributed by atoms with van der Waals surface area (Å²) in [5, 5.41) is 3.52. The number of piperidine rings is 1. The average molecular weight is 256 g/mol. The Labute approximate surface area is 111 Å². The lowest BCUT2D eigenvalue weighted by Crippen LogP contribution is -2.45. The van der Waals surface area contributed by atoms with Crippen LogP contribution in [-0.4, -0.2) is 57.6 Å². The molecule has 1 rings (SSSR count). The molecule has 0 unspecified atom stereocenters. The van der Waals surface area contributed by atoms with Gasteiger partial charge in [-0.15, -0.1) is 0 Å². The summed E-state index contributed by atoms with van der Waals surface area (Å²) >= 11 is 0. The molecule has 1 fully saturated rings. The van der Waals surface area contributed by atoms with E-state index in [1.165, 1.54) is 31.5 Å². The van der Waals surface area contributed by atoms with Crippen LogP contribution in [0.5, 0.6) is 0 Å². The molecule has 0 amide bonds. The van der Waals surface area contributed by atoms with E-state index >= 15 is 0 Å². The maximum Gasteiger partial charge on any atom is 0.169 e. The number of hydrogen-bond donors (Lipinski definition) is 1. The smallest absolute Gasteiger partial charge is 0.169 e. The second-order valence-electron chi connectivity index (χ2n) is 5.17. The Morgan fingerprint density at radius 2 is 1.89 bits per heavy atom. The van der Waals surface area contributed by atoms with Crippen LogP contribution in [-0.2, 0) is 9.47 Å². The largest absolute Gasteiger partial charge is 0.355 e. The van der Waals surface area contributed by atoms with Crippen LogP contribution in [0.3, 0.4) is 0 Å². The van der Waals surface area contributed by atoms with Crippen LogP contribution in [0.25, 0.3) is 0 Å². The summed E-state index contributed by atoms with van der Waals surface area (Å²) in [5.41, 5.74) is 1.40. The first-order valence-electron chi connectivity index (χ1n) is 6.80. The van der Waals surface area contributed by atoms with E-state index in [-0.39, 0.29) is 6.29 Å². The Kier molecular flexibility index (Phi) is 7.51. The van der Waals surface area contributed by atoms with Crippen molar-refractivity contribution in [3.05, 3.63) is 11.6 Å². The molecular weight excluding hydrogens is 228 g/mol. The van der Waals surface area contributed by atoms with Gasteiger partial charge in [0.25, 0.3) is 0 Å². The van der Waals surface area contributed by atoms with Crippen molar-refractivity contribution in [2.24, 2.45) is 0 Å². The summed E-state index contributed by atoms with van der Waals surface area (Å²) in [6.07, 6.45) is 4.58. The summed E-state index contributed by atoms with van der Waals surface area (Å²) in [5.74, 6) is 0. The molecule has 4 nitrogen and oxygen atoms in total. The normalized spacial score (nSPS) is 18.3. The first-order valence-corrected chi connectivity index (χ1v) is 6.80. The third-order valence-electron chi connectivity index (χ3n) is 3.44. The molecule has 0 aromatic heterocycles. The number of ether oxygens (including phenoxy) is 2. The highest BCUT2D eigenvalue weighted by molar-refractivity contribution is 4.95. The highest BCUT2D eigenvalue weighted by Gasteiger charge is 2.18. The maximum absolute atomic E-state index is 5.17. The zero-order valence-corrected chi connectivity index (χ0v) is 12.2. The van der Waals surface area contributed by atoms with E-state index in [0.29, 0.717) is 6.04 Å². The fourth-order valence-electron chi connectivity index (χ4n) is 2.16. The molecule has 0 atom stereocenters. The predicted octanol–water partition coefficient (Wildman–Crippen LogP) is 1.63. The van der Waals surface area contributed by atoms with Crippen LogP contribution in [0.15, 0.2) is 11.6 Å². The van der Waals surface area contributed by atoms with Gasteiger partial charge in [-0.05, 0) is 39.8 Å². The molecule has 0 aromatic rings. The quantitative estimate of drug-likeness (QED) is 0.554. The van der Waals surface area contributed by atoms with E-state index in [2.05, 4.69) is 30.1 Å². The topological polar surface area (TPSA) is 33.7 Å². The Balaban J connectivity index is 2.17. The van der Waals surface area contributed by atoms with Gasteiger partial charge >= 0.3 is 0 Å². The minimum atomic E-state index is -0.131. The van der Waals surface area contributed by atoms with Gasteiger partial charge in [-0.25, -0.2) is 0 Å². The summed E-state index contributed by atoms with van der Waals surface area (Å²) in [6.45, 7) is 8.52. The van der Waals surface area contributed by atoms with E-state index in [1.807, 2.05) is 0 Å². The number of nitrogens with one attached hydrogen (secondary N) is 1. The summed E-state index contributed by atoms with van der Waals surface area (Å²) in [4.78, 5) is 2.51. The van der Waals surface area contributed by atoms with Gasteiger partial charge in [0.05, 0.1) is 0 Å². The third kappa shape index (κ3) is 5.96. The van der Waals surface area contributed by atoms with Gasteiger partial charge in [-0.1, -0.05) is 11.6 Å². The predicted molar refractivity (Wildman–Crippen MR) is 74.7 cm³/mol. The second kappa shape index (κ2) is 8.64. The van der Waals surface area contributed by atoms with Crippen LogP contribution in [0.1, 0.15) is 26.7 Å². The van der Waals surface area contributed by atoms with Crippen LogP contribution in [0.4, 0.5) is 0 Å². The van der Waals surface area contributed by atoms with Crippen molar-refractivity contribution >= 4 is 0 Å². The van der Waals surface area contributed by atoms with Gasteiger partial charge in [0, 0.05) is 33.4 Å².